The first-order valence-electron chi connectivity index (χ1n) is 12.2. The third-order valence-electron chi connectivity index (χ3n) is 6.10. The molecule has 0 aromatic heterocycles. The van der Waals surface area contributed by atoms with E-state index in [0.29, 0.717) is 18.7 Å². The minimum atomic E-state index is -3.51. The lowest BCUT2D eigenvalue weighted by atomic mass is 10.0. The van der Waals surface area contributed by atoms with Gasteiger partial charge in [-0.15, -0.1) is 0 Å². The summed E-state index contributed by atoms with van der Waals surface area (Å²) in [6.45, 7) is 4.75. The molecule has 1 amide bonds. The molecule has 0 unspecified atom stereocenters. The molecule has 8 heteroatoms. The van der Waals surface area contributed by atoms with Gasteiger partial charge in [-0.2, -0.15) is 4.31 Å². The number of benzene rings is 2. The molecule has 1 heterocycles. The van der Waals surface area contributed by atoms with Crippen LogP contribution in [0.5, 0.6) is 0 Å². The molecule has 1 saturated heterocycles. The van der Waals surface area contributed by atoms with Crippen LogP contribution in [0.4, 0.5) is 5.69 Å². The van der Waals surface area contributed by atoms with Gasteiger partial charge in [-0.3, -0.25) is 4.79 Å². The fourth-order valence-corrected chi connectivity index (χ4v) is 5.63. The Bertz CT molecular complexity index is 1130. The molecule has 1 N–H and O–H groups in total. The van der Waals surface area contributed by atoms with Gasteiger partial charge in [0.2, 0.25) is 10.0 Å². The van der Waals surface area contributed by atoms with Crippen molar-refractivity contribution in [1.29, 1.82) is 0 Å². The number of nitrogens with one attached hydrogen (secondary N) is 1. The van der Waals surface area contributed by atoms with E-state index in [4.69, 9.17) is 4.74 Å². The van der Waals surface area contributed by atoms with E-state index in [0.717, 1.165) is 55.3 Å². The van der Waals surface area contributed by atoms with Crippen LogP contribution < -0.4 is 5.32 Å². The highest BCUT2D eigenvalue weighted by molar-refractivity contribution is 7.89. The summed E-state index contributed by atoms with van der Waals surface area (Å²) in [4.78, 5) is 24.7. The number of carbonyl (C=O) groups excluding carboxylic acids is 2. The van der Waals surface area contributed by atoms with E-state index in [2.05, 4.69) is 5.32 Å². The Kier molecular flexibility index (Phi) is 9.63. The highest BCUT2D eigenvalue weighted by Crippen LogP contribution is 2.23. The molecule has 0 atom stereocenters. The first-order valence-corrected chi connectivity index (χ1v) is 13.6. The van der Waals surface area contributed by atoms with E-state index < -0.39 is 28.5 Å². The largest absolute Gasteiger partial charge is 0.452 e. The van der Waals surface area contributed by atoms with E-state index >= 15 is 0 Å². The number of amides is 1. The van der Waals surface area contributed by atoms with Crippen molar-refractivity contribution >= 4 is 33.7 Å². The molecule has 35 heavy (non-hydrogen) atoms. The number of rotatable bonds is 9. The molecule has 1 fully saturated rings. The number of hydrogen-bond acceptors (Lipinski definition) is 5. The molecule has 0 saturated carbocycles. The number of ether oxygens (including phenoxy) is 1. The molecule has 0 bridgehead atoms. The Morgan fingerprint density at radius 1 is 0.943 bits per heavy atom. The van der Waals surface area contributed by atoms with Gasteiger partial charge in [-0.1, -0.05) is 57.0 Å². The van der Waals surface area contributed by atoms with E-state index in [1.54, 1.807) is 28.6 Å². The summed E-state index contributed by atoms with van der Waals surface area (Å²) in [5, 5.41) is 2.86. The summed E-state index contributed by atoms with van der Waals surface area (Å²) >= 11 is 0. The maximum Gasteiger partial charge on any atom is 0.331 e. The molecular weight excluding hydrogens is 464 g/mol. The molecule has 0 aliphatic carbocycles. The zero-order chi connectivity index (χ0) is 25.3. The Labute approximate surface area is 208 Å². The first kappa shape index (κ1) is 26.6. The van der Waals surface area contributed by atoms with Crippen LogP contribution in [0.1, 0.15) is 56.2 Å². The number of carbonyl (C=O) groups is 2. The van der Waals surface area contributed by atoms with Crippen LogP contribution in [-0.2, 0) is 37.2 Å². The number of aryl methyl sites for hydroxylation is 2. The van der Waals surface area contributed by atoms with Crippen molar-refractivity contribution in [2.24, 2.45) is 0 Å². The van der Waals surface area contributed by atoms with Crippen LogP contribution >= 0.6 is 0 Å². The number of anilines is 1. The molecular formula is C27H34N2O5S. The zero-order valence-corrected chi connectivity index (χ0v) is 21.3. The van der Waals surface area contributed by atoms with E-state index in [9.17, 15) is 18.0 Å². The number of nitrogens with zero attached hydrogens (tertiary/aromatic N) is 1. The van der Waals surface area contributed by atoms with Crippen molar-refractivity contribution in [2.45, 2.75) is 57.3 Å². The van der Waals surface area contributed by atoms with Crippen LogP contribution in [0.2, 0.25) is 0 Å². The first-order chi connectivity index (χ1) is 16.8. The predicted octanol–water partition coefficient (Wildman–Crippen LogP) is 4.57. The summed E-state index contributed by atoms with van der Waals surface area (Å²) in [6, 6.07) is 12.3. The summed E-state index contributed by atoms with van der Waals surface area (Å²) in [6.07, 6.45) is 8.19. The van der Waals surface area contributed by atoms with Gasteiger partial charge in [0, 0.05) is 24.9 Å². The standard InChI is InChI=1S/C27H34N2O5S/c1-3-22-10-9-11-23(4-2)27(22)28-25(30)20-34-26(31)17-14-21-12-15-24(16-13-21)35(32,33)29-18-7-5-6-8-19-29/h9-17H,3-8,18-20H2,1-2H3,(H,28,30)/b17-14+. The van der Waals surface area contributed by atoms with Gasteiger partial charge in [0.25, 0.3) is 5.91 Å². The second-order valence-electron chi connectivity index (χ2n) is 8.53. The molecule has 1 aliphatic rings. The highest BCUT2D eigenvalue weighted by Gasteiger charge is 2.24. The summed E-state index contributed by atoms with van der Waals surface area (Å²) < 4.78 is 32.4. The predicted molar refractivity (Wildman–Crippen MR) is 137 cm³/mol. The van der Waals surface area contributed by atoms with Crippen molar-refractivity contribution in [3.63, 3.8) is 0 Å². The average molecular weight is 499 g/mol. The second kappa shape index (κ2) is 12.7. The molecule has 188 valence electrons. The van der Waals surface area contributed by atoms with Gasteiger partial charge in [0.05, 0.1) is 4.90 Å². The van der Waals surface area contributed by atoms with E-state index in [1.807, 2.05) is 32.0 Å². The van der Waals surface area contributed by atoms with Gasteiger partial charge < -0.3 is 10.1 Å². The van der Waals surface area contributed by atoms with Crippen LogP contribution in [0, 0.1) is 0 Å². The maximum atomic E-state index is 12.9. The maximum absolute atomic E-state index is 12.9. The van der Waals surface area contributed by atoms with E-state index in [1.165, 1.54) is 12.2 Å². The van der Waals surface area contributed by atoms with Gasteiger partial charge in [0.15, 0.2) is 6.61 Å². The van der Waals surface area contributed by atoms with Gasteiger partial charge in [-0.25, -0.2) is 13.2 Å². The lowest BCUT2D eigenvalue weighted by Crippen LogP contribution is -2.31. The Balaban J connectivity index is 1.54. The van der Waals surface area contributed by atoms with Crippen molar-refractivity contribution in [3.05, 3.63) is 65.2 Å². The van der Waals surface area contributed by atoms with Crippen molar-refractivity contribution in [2.75, 3.05) is 25.0 Å². The number of para-hydroxylation sites is 1. The van der Waals surface area contributed by atoms with Crippen LogP contribution in [-0.4, -0.2) is 44.3 Å². The number of sulfonamides is 1. The van der Waals surface area contributed by atoms with Crippen molar-refractivity contribution < 1.29 is 22.7 Å². The average Bonchev–Trinajstić information content (AvgIpc) is 3.17. The quantitative estimate of drug-likeness (QED) is 0.404. The van der Waals surface area contributed by atoms with Crippen LogP contribution in [0.3, 0.4) is 0 Å². The molecule has 0 spiro atoms. The lowest BCUT2D eigenvalue weighted by molar-refractivity contribution is -0.142. The fraction of sp³-hybridized carbons (Fsp3) is 0.407. The normalized spacial score (nSPS) is 15.0. The second-order valence-corrected chi connectivity index (χ2v) is 10.5. The van der Waals surface area contributed by atoms with E-state index in [-0.39, 0.29) is 4.90 Å². The molecule has 2 aromatic rings. The van der Waals surface area contributed by atoms with Crippen LogP contribution in [0.15, 0.2) is 53.4 Å². The minimum Gasteiger partial charge on any atom is -0.452 e. The number of esters is 1. The lowest BCUT2D eigenvalue weighted by Gasteiger charge is -2.19. The third kappa shape index (κ3) is 7.26. The summed E-state index contributed by atoms with van der Waals surface area (Å²) in [5.41, 5.74) is 3.51. The number of hydrogen-bond donors (Lipinski definition) is 1. The van der Waals surface area contributed by atoms with Crippen molar-refractivity contribution in [3.8, 4) is 0 Å². The topological polar surface area (TPSA) is 92.8 Å². The summed E-state index contributed by atoms with van der Waals surface area (Å²) in [5.74, 6) is -1.05. The van der Waals surface area contributed by atoms with Gasteiger partial charge >= 0.3 is 5.97 Å². The highest BCUT2D eigenvalue weighted by atomic mass is 32.2. The molecule has 1 aliphatic heterocycles. The Morgan fingerprint density at radius 3 is 2.11 bits per heavy atom. The molecule has 0 radical (unpaired) electrons. The Morgan fingerprint density at radius 2 is 1.54 bits per heavy atom. The third-order valence-corrected chi connectivity index (χ3v) is 8.02. The van der Waals surface area contributed by atoms with Gasteiger partial charge in [-0.05, 0) is 60.6 Å². The zero-order valence-electron chi connectivity index (χ0n) is 20.5. The molecule has 7 nitrogen and oxygen atoms in total. The molecule has 2 aromatic carbocycles. The fourth-order valence-electron chi connectivity index (χ4n) is 4.11. The van der Waals surface area contributed by atoms with Crippen molar-refractivity contribution in [1.82, 2.24) is 4.31 Å². The Hall–Kier alpha value is -2.97. The SMILES string of the molecule is CCc1cccc(CC)c1NC(=O)COC(=O)/C=C/c1ccc(S(=O)(=O)N2CCCCCC2)cc1. The molecule has 3 rings (SSSR count). The minimum absolute atomic E-state index is 0.245. The summed E-state index contributed by atoms with van der Waals surface area (Å²) in [7, 11) is -3.51. The van der Waals surface area contributed by atoms with Gasteiger partial charge in [0.1, 0.15) is 0 Å². The smallest absolute Gasteiger partial charge is 0.331 e. The monoisotopic (exact) mass is 498 g/mol. The van der Waals surface area contributed by atoms with Crippen LogP contribution in [0.25, 0.3) is 6.08 Å².